The lowest BCUT2D eigenvalue weighted by molar-refractivity contribution is -0.384. The second-order valence-electron chi connectivity index (χ2n) is 3.30. The van der Waals surface area contributed by atoms with Crippen LogP contribution in [0.4, 0.5) is 33.3 Å². The molecule has 0 aromatic heterocycles. The summed E-state index contributed by atoms with van der Waals surface area (Å²) in [6, 6.07) is 1.62. The summed E-state index contributed by atoms with van der Waals surface area (Å²) in [4.78, 5) is 20.2. The Labute approximate surface area is 102 Å². The molecule has 0 aliphatic rings. The summed E-state index contributed by atoms with van der Waals surface area (Å²) in [7, 11) is 0. The number of nitrogens with one attached hydrogen (secondary N) is 1. The molecule has 5 nitrogen and oxygen atoms in total. The highest BCUT2D eigenvalue weighted by Crippen LogP contribution is 2.29. The number of halogens is 5. The van der Waals surface area contributed by atoms with Gasteiger partial charge in [-0.15, -0.1) is 0 Å². The SMILES string of the molecule is O=C(Nc1ccc(F)cc1[N+](=O)[O-])C(F)(F)C(F)F. The van der Waals surface area contributed by atoms with Gasteiger partial charge in [0.1, 0.15) is 11.5 Å². The van der Waals surface area contributed by atoms with Crippen molar-refractivity contribution in [3.63, 3.8) is 0 Å². The predicted octanol–water partition coefficient (Wildman–Crippen LogP) is 2.57. The van der Waals surface area contributed by atoms with E-state index in [-0.39, 0.29) is 0 Å². The van der Waals surface area contributed by atoms with Crippen molar-refractivity contribution in [2.75, 3.05) is 5.32 Å². The molecule has 0 bridgehead atoms. The van der Waals surface area contributed by atoms with Gasteiger partial charge in [-0.2, -0.15) is 8.78 Å². The third-order valence-electron chi connectivity index (χ3n) is 1.98. The first-order chi connectivity index (χ1) is 8.66. The van der Waals surface area contributed by atoms with Crippen molar-refractivity contribution in [2.45, 2.75) is 12.3 Å². The fourth-order valence-corrected chi connectivity index (χ4v) is 1.07. The van der Waals surface area contributed by atoms with Crippen molar-refractivity contribution < 1.29 is 31.7 Å². The van der Waals surface area contributed by atoms with Crippen LogP contribution in [0.25, 0.3) is 0 Å². The molecule has 1 aromatic carbocycles. The number of benzene rings is 1. The molecule has 0 saturated heterocycles. The molecule has 0 aliphatic heterocycles. The molecule has 19 heavy (non-hydrogen) atoms. The summed E-state index contributed by atoms with van der Waals surface area (Å²) < 4.78 is 61.8. The molecule has 0 spiro atoms. The van der Waals surface area contributed by atoms with E-state index in [9.17, 15) is 36.9 Å². The van der Waals surface area contributed by atoms with Gasteiger partial charge in [-0.25, -0.2) is 13.2 Å². The maximum absolute atomic E-state index is 12.7. The third-order valence-corrected chi connectivity index (χ3v) is 1.98. The minimum Gasteiger partial charge on any atom is -0.315 e. The molecule has 0 aliphatic carbocycles. The lowest BCUT2D eigenvalue weighted by atomic mass is 10.2. The highest BCUT2D eigenvalue weighted by Gasteiger charge is 2.49. The third kappa shape index (κ3) is 3.14. The number of hydrogen-bond donors (Lipinski definition) is 1. The Morgan fingerprint density at radius 1 is 1.37 bits per heavy atom. The standard InChI is InChI=1S/C9H5F5N2O3/c10-4-1-2-5(6(3-4)16(18)19)15-8(17)9(13,14)7(11)12/h1-3,7H,(H,15,17). The number of carbonyl (C=O) groups excluding carboxylic acids is 1. The highest BCUT2D eigenvalue weighted by atomic mass is 19.3. The second-order valence-corrected chi connectivity index (χ2v) is 3.30. The number of alkyl halides is 4. The van der Waals surface area contributed by atoms with Crippen molar-refractivity contribution in [1.82, 2.24) is 0 Å². The second kappa shape index (κ2) is 5.16. The van der Waals surface area contributed by atoms with Crippen LogP contribution in [-0.4, -0.2) is 23.2 Å². The molecule has 0 unspecified atom stereocenters. The summed E-state index contributed by atoms with van der Waals surface area (Å²) in [6.45, 7) is 0. The van der Waals surface area contributed by atoms with Crippen LogP contribution in [0, 0.1) is 15.9 Å². The van der Waals surface area contributed by atoms with Crippen molar-refractivity contribution >= 4 is 17.3 Å². The first kappa shape index (κ1) is 14.8. The summed E-state index contributed by atoms with van der Waals surface area (Å²) >= 11 is 0. The first-order valence-corrected chi connectivity index (χ1v) is 4.57. The number of nitro groups is 1. The molecular weight excluding hydrogens is 279 g/mol. The fraction of sp³-hybridized carbons (Fsp3) is 0.222. The van der Waals surface area contributed by atoms with E-state index in [1.54, 1.807) is 0 Å². The van der Waals surface area contributed by atoms with Gasteiger partial charge in [-0.3, -0.25) is 14.9 Å². The van der Waals surface area contributed by atoms with E-state index in [2.05, 4.69) is 0 Å². The molecule has 1 amide bonds. The lowest BCUT2D eigenvalue weighted by Gasteiger charge is -2.14. The molecule has 1 N–H and O–H groups in total. The fourth-order valence-electron chi connectivity index (χ4n) is 1.07. The minimum absolute atomic E-state index is 0.357. The smallest absolute Gasteiger partial charge is 0.315 e. The van der Waals surface area contributed by atoms with Crippen molar-refractivity contribution in [2.24, 2.45) is 0 Å². The van der Waals surface area contributed by atoms with Crippen LogP contribution in [0.3, 0.4) is 0 Å². The van der Waals surface area contributed by atoms with E-state index >= 15 is 0 Å². The van der Waals surface area contributed by atoms with Gasteiger partial charge >= 0.3 is 18.3 Å². The van der Waals surface area contributed by atoms with E-state index in [1.165, 1.54) is 5.32 Å². The zero-order chi connectivity index (χ0) is 14.8. The van der Waals surface area contributed by atoms with E-state index in [1.807, 2.05) is 0 Å². The van der Waals surface area contributed by atoms with Crippen LogP contribution in [0.5, 0.6) is 0 Å². The Kier molecular flexibility index (Phi) is 4.02. The summed E-state index contributed by atoms with van der Waals surface area (Å²) in [5.41, 5.74) is -1.84. The van der Waals surface area contributed by atoms with Gasteiger partial charge in [0.2, 0.25) is 0 Å². The molecule has 0 fully saturated rings. The quantitative estimate of drug-likeness (QED) is 0.524. The Hall–Kier alpha value is -2.26. The van der Waals surface area contributed by atoms with Gasteiger partial charge in [-0.1, -0.05) is 0 Å². The number of nitro benzene ring substituents is 1. The maximum Gasteiger partial charge on any atom is 0.383 e. The van der Waals surface area contributed by atoms with E-state index in [0.29, 0.717) is 18.2 Å². The van der Waals surface area contributed by atoms with Crippen LogP contribution in [-0.2, 0) is 4.79 Å². The summed E-state index contributed by atoms with van der Waals surface area (Å²) in [5.74, 6) is -8.48. The molecule has 104 valence electrons. The Bertz CT molecular complexity index is 521. The van der Waals surface area contributed by atoms with Gasteiger partial charge in [-0.05, 0) is 12.1 Å². The summed E-state index contributed by atoms with van der Waals surface area (Å²) in [5, 5.41) is 11.8. The Morgan fingerprint density at radius 3 is 2.42 bits per heavy atom. The normalized spacial score (nSPS) is 11.5. The number of hydrogen-bond acceptors (Lipinski definition) is 3. The Balaban J connectivity index is 3.07. The number of nitrogens with zero attached hydrogens (tertiary/aromatic N) is 1. The largest absolute Gasteiger partial charge is 0.383 e. The molecule has 1 rings (SSSR count). The highest BCUT2D eigenvalue weighted by molar-refractivity contribution is 5.98. The van der Waals surface area contributed by atoms with Crippen molar-refractivity contribution in [3.05, 3.63) is 34.1 Å². The zero-order valence-corrected chi connectivity index (χ0v) is 8.87. The number of carbonyl (C=O) groups is 1. The monoisotopic (exact) mass is 284 g/mol. The van der Waals surface area contributed by atoms with Crippen molar-refractivity contribution in [1.29, 1.82) is 0 Å². The number of rotatable bonds is 4. The molecular formula is C9H5F5N2O3. The Morgan fingerprint density at radius 2 is 1.95 bits per heavy atom. The number of anilines is 1. The molecule has 0 heterocycles. The average molecular weight is 284 g/mol. The van der Waals surface area contributed by atoms with Gasteiger partial charge in [0.05, 0.1) is 11.0 Å². The van der Waals surface area contributed by atoms with Crippen LogP contribution >= 0.6 is 0 Å². The zero-order valence-electron chi connectivity index (χ0n) is 8.87. The van der Waals surface area contributed by atoms with Gasteiger partial charge in [0.25, 0.3) is 5.69 Å². The molecule has 0 radical (unpaired) electrons. The average Bonchev–Trinajstić information content (AvgIpc) is 2.30. The minimum atomic E-state index is -5.01. The van der Waals surface area contributed by atoms with Crippen LogP contribution in [0.1, 0.15) is 0 Å². The molecule has 10 heteroatoms. The van der Waals surface area contributed by atoms with Crippen LogP contribution in [0.15, 0.2) is 18.2 Å². The van der Waals surface area contributed by atoms with Crippen LogP contribution < -0.4 is 5.32 Å². The topological polar surface area (TPSA) is 72.2 Å². The summed E-state index contributed by atoms with van der Waals surface area (Å²) in [6.07, 6.45) is -4.27. The number of amides is 1. The van der Waals surface area contributed by atoms with Gasteiger partial charge in [0.15, 0.2) is 0 Å². The van der Waals surface area contributed by atoms with E-state index in [4.69, 9.17) is 0 Å². The maximum atomic E-state index is 12.7. The van der Waals surface area contributed by atoms with E-state index < -0.39 is 40.4 Å². The predicted molar refractivity (Wildman–Crippen MR) is 52.6 cm³/mol. The van der Waals surface area contributed by atoms with Crippen molar-refractivity contribution in [3.8, 4) is 0 Å². The van der Waals surface area contributed by atoms with E-state index in [0.717, 1.165) is 0 Å². The lowest BCUT2D eigenvalue weighted by Crippen LogP contribution is -2.41. The molecule has 1 aromatic rings. The van der Waals surface area contributed by atoms with Gasteiger partial charge < -0.3 is 5.32 Å². The molecule has 0 atom stereocenters. The van der Waals surface area contributed by atoms with Crippen LogP contribution in [0.2, 0.25) is 0 Å². The van der Waals surface area contributed by atoms with Gasteiger partial charge in [0, 0.05) is 0 Å². The molecule has 0 saturated carbocycles. The first-order valence-electron chi connectivity index (χ1n) is 4.57.